The fourth-order valence-corrected chi connectivity index (χ4v) is 6.42. The Morgan fingerprint density at radius 2 is 1.49 bits per heavy atom. The van der Waals surface area contributed by atoms with Crippen molar-refractivity contribution in [1.29, 1.82) is 0 Å². The maximum atomic E-state index is 12.3. The molecule has 2 atom stereocenters. The Labute approximate surface area is 269 Å². The van der Waals surface area contributed by atoms with Gasteiger partial charge in [0, 0.05) is 19.6 Å². The summed E-state index contributed by atoms with van der Waals surface area (Å²) in [4.78, 5) is 14.7. The Bertz CT molecular complexity index is 1530. The van der Waals surface area contributed by atoms with Crippen LogP contribution in [0.2, 0.25) is 0 Å². The molecule has 45 heavy (non-hydrogen) atoms. The zero-order chi connectivity index (χ0) is 31.6. The summed E-state index contributed by atoms with van der Waals surface area (Å²) in [6.45, 7) is 8.09. The van der Waals surface area contributed by atoms with E-state index < -0.39 is 6.10 Å². The number of aryl methyl sites for hydroxylation is 3. The van der Waals surface area contributed by atoms with Crippen LogP contribution in [0.3, 0.4) is 0 Å². The zero-order valence-electron chi connectivity index (χ0n) is 27.3. The molecule has 5 heteroatoms. The first kappa shape index (κ1) is 32.5. The molecule has 5 nitrogen and oxygen atoms in total. The molecule has 0 fully saturated rings. The summed E-state index contributed by atoms with van der Waals surface area (Å²) in [6, 6.07) is 32.9. The van der Waals surface area contributed by atoms with Gasteiger partial charge >= 0.3 is 5.97 Å². The fraction of sp³-hybridized carbons (Fsp3) is 0.375. The number of ether oxygens (including phenoxy) is 3. The van der Waals surface area contributed by atoms with E-state index in [-0.39, 0.29) is 12.0 Å². The highest BCUT2D eigenvalue weighted by Crippen LogP contribution is 2.38. The van der Waals surface area contributed by atoms with Crippen molar-refractivity contribution in [2.45, 2.75) is 65.0 Å². The number of fused-ring (bicyclic) bond motifs is 2. The lowest BCUT2D eigenvalue weighted by Gasteiger charge is -2.31. The average Bonchev–Trinajstić information content (AvgIpc) is 3.22. The Balaban J connectivity index is 1.31. The Kier molecular flexibility index (Phi) is 11.5. The number of nitrogens with zero attached hydrogens (tertiary/aromatic N) is 1. The summed E-state index contributed by atoms with van der Waals surface area (Å²) in [6.07, 6.45) is 4.22. The summed E-state index contributed by atoms with van der Waals surface area (Å²) in [7, 11) is 2.21. The second-order valence-electron chi connectivity index (χ2n) is 11.8. The van der Waals surface area contributed by atoms with E-state index in [0.717, 1.165) is 43.5 Å². The van der Waals surface area contributed by atoms with E-state index in [0.29, 0.717) is 26.2 Å². The number of benzene rings is 4. The van der Waals surface area contributed by atoms with Crippen LogP contribution in [0.4, 0.5) is 0 Å². The van der Waals surface area contributed by atoms with Crippen LogP contribution in [0.25, 0.3) is 11.1 Å². The predicted octanol–water partition coefficient (Wildman–Crippen LogP) is 8.02. The van der Waals surface area contributed by atoms with Gasteiger partial charge in [-0.05, 0) is 96.8 Å². The Morgan fingerprint density at radius 3 is 2.18 bits per heavy atom. The van der Waals surface area contributed by atoms with Crippen molar-refractivity contribution < 1.29 is 19.0 Å². The number of carbonyl (C=O) groups excluding carboxylic acids is 1. The van der Waals surface area contributed by atoms with Crippen LogP contribution >= 0.6 is 0 Å². The van der Waals surface area contributed by atoms with Gasteiger partial charge in [0.1, 0.15) is 12.4 Å². The van der Waals surface area contributed by atoms with Gasteiger partial charge in [-0.15, -0.1) is 0 Å². The molecule has 0 N–H and O–H groups in total. The lowest BCUT2D eigenvalue weighted by atomic mass is 9.90. The Morgan fingerprint density at radius 1 is 0.800 bits per heavy atom. The molecule has 236 valence electrons. The number of carbonyl (C=O) groups is 1. The van der Waals surface area contributed by atoms with Crippen molar-refractivity contribution in [2.24, 2.45) is 0 Å². The quantitative estimate of drug-likeness (QED) is 0.136. The van der Waals surface area contributed by atoms with Crippen molar-refractivity contribution in [3.05, 3.63) is 124 Å². The third-order valence-electron chi connectivity index (χ3n) is 8.66. The molecule has 1 aliphatic carbocycles. The molecule has 4 aromatic rings. The van der Waals surface area contributed by atoms with Crippen LogP contribution < -0.4 is 4.74 Å². The lowest BCUT2D eigenvalue weighted by molar-refractivity contribution is -0.156. The fourth-order valence-electron chi connectivity index (χ4n) is 6.42. The van der Waals surface area contributed by atoms with Crippen LogP contribution in [0, 0.1) is 0 Å². The van der Waals surface area contributed by atoms with Crippen LogP contribution in [0.5, 0.6) is 5.75 Å². The third-order valence-corrected chi connectivity index (χ3v) is 8.66. The minimum atomic E-state index is -0.595. The minimum Gasteiger partial charge on any atom is -0.492 e. The normalized spacial score (nSPS) is 14.7. The molecular formula is C40H47NO4. The van der Waals surface area contributed by atoms with Gasteiger partial charge in [-0.25, -0.2) is 4.79 Å². The molecule has 2 unspecified atom stereocenters. The molecule has 1 aliphatic rings. The van der Waals surface area contributed by atoms with Crippen molar-refractivity contribution in [3.63, 3.8) is 0 Å². The molecule has 0 amide bonds. The Hall–Kier alpha value is -3.93. The van der Waals surface area contributed by atoms with Crippen LogP contribution in [0.1, 0.15) is 66.6 Å². The third kappa shape index (κ3) is 8.22. The molecule has 0 aromatic heterocycles. The smallest absolute Gasteiger partial charge is 0.335 e. The average molecular weight is 606 g/mol. The summed E-state index contributed by atoms with van der Waals surface area (Å²) in [5, 5.41) is 0. The molecule has 0 saturated carbocycles. The van der Waals surface area contributed by atoms with Gasteiger partial charge in [-0.2, -0.15) is 0 Å². The van der Waals surface area contributed by atoms with E-state index >= 15 is 0 Å². The van der Waals surface area contributed by atoms with Gasteiger partial charge in [0.15, 0.2) is 6.10 Å². The van der Waals surface area contributed by atoms with Gasteiger partial charge < -0.3 is 14.2 Å². The van der Waals surface area contributed by atoms with Crippen LogP contribution in [0.15, 0.2) is 91.0 Å². The molecule has 5 rings (SSSR count). The van der Waals surface area contributed by atoms with E-state index in [2.05, 4.69) is 85.6 Å². The standard InChI is InChI=1S/C40H47NO4/c1-5-11-29-16-22-36-33(26-29)17-18-34-28-32(31-12-9-8-10-13-31)19-23-37(34)39(36)41(4)24-25-45-35-20-14-30(15-21-35)27-38(43-6-2)40(42)44-7-3/h8-10,12-16,19-23,26,28,38-39H,5-7,11,17-18,24-25,27H2,1-4H3. The van der Waals surface area contributed by atoms with Crippen molar-refractivity contribution in [1.82, 2.24) is 4.90 Å². The van der Waals surface area contributed by atoms with Gasteiger partial charge in [0.05, 0.1) is 12.6 Å². The molecule has 0 heterocycles. The number of likely N-dealkylation sites (N-methyl/N-ethyl adjacent to an activating group) is 1. The van der Waals surface area contributed by atoms with E-state index in [9.17, 15) is 4.79 Å². The molecule has 0 bridgehead atoms. The maximum Gasteiger partial charge on any atom is 0.335 e. The van der Waals surface area contributed by atoms with Crippen molar-refractivity contribution >= 4 is 5.97 Å². The highest BCUT2D eigenvalue weighted by atomic mass is 16.6. The SMILES string of the molecule is CCCc1ccc2c(c1)CCc1cc(-c3ccccc3)ccc1C2N(C)CCOc1ccc(CC(OCC)C(=O)OCC)cc1. The second-order valence-corrected chi connectivity index (χ2v) is 11.8. The van der Waals surface area contributed by atoms with E-state index in [1.807, 2.05) is 38.1 Å². The van der Waals surface area contributed by atoms with Gasteiger partial charge in [0.2, 0.25) is 0 Å². The number of hydrogen-bond donors (Lipinski definition) is 0. The van der Waals surface area contributed by atoms with Gasteiger partial charge in [-0.3, -0.25) is 4.90 Å². The number of esters is 1. The zero-order valence-corrected chi connectivity index (χ0v) is 27.3. The van der Waals surface area contributed by atoms with Crippen LogP contribution in [-0.4, -0.2) is 50.4 Å². The topological polar surface area (TPSA) is 48.0 Å². The molecule has 0 spiro atoms. The molecule has 0 radical (unpaired) electrons. The second kappa shape index (κ2) is 15.9. The molecular weight excluding hydrogens is 558 g/mol. The van der Waals surface area contributed by atoms with Crippen molar-refractivity contribution in [2.75, 3.05) is 33.4 Å². The van der Waals surface area contributed by atoms with Crippen molar-refractivity contribution in [3.8, 4) is 16.9 Å². The van der Waals surface area contributed by atoms with Gasteiger partial charge in [0.25, 0.3) is 0 Å². The molecule has 0 aliphatic heterocycles. The largest absolute Gasteiger partial charge is 0.492 e. The lowest BCUT2D eigenvalue weighted by Crippen LogP contribution is -2.30. The summed E-state index contributed by atoms with van der Waals surface area (Å²) >= 11 is 0. The maximum absolute atomic E-state index is 12.3. The monoisotopic (exact) mass is 605 g/mol. The first-order valence-corrected chi connectivity index (χ1v) is 16.5. The first-order valence-electron chi connectivity index (χ1n) is 16.5. The molecule has 0 saturated heterocycles. The first-order chi connectivity index (χ1) is 22.0. The van der Waals surface area contributed by atoms with E-state index in [4.69, 9.17) is 14.2 Å². The summed E-state index contributed by atoms with van der Waals surface area (Å²) in [5.41, 5.74) is 10.6. The van der Waals surface area contributed by atoms with Crippen LogP contribution in [-0.2, 0) is 40.0 Å². The highest BCUT2D eigenvalue weighted by molar-refractivity contribution is 5.75. The summed E-state index contributed by atoms with van der Waals surface area (Å²) in [5.74, 6) is 0.497. The summed E-state index contributed by atoms with van der Waals surface area (Å²) < 4.78 is 17.0. The molecule has 4 aromatic carbocycles. The van der Waals surface area contributed by atoms with E-state index in [1.165, 1.54) is 38.9 Å². The predicted molar refractivity (Wildman–Crippen MR) is 182 cm³/mol. The van der Waals surface area contributed by atoms with Gasteiger partial charge in [-0.1, -0.05) is 92.2 Å². The van der Waals surface area contributed by atoms with E-state index in [1.54, 1.807) is 0 Å². The highest BCUT2D eigenvalue weighted by Gasteiger charge is 2.27. The minimum absolute atomic E-state index is 0.155. The number of rotatable bonds is 14. The number of hydrogen-bond acceptors (Lipinski definition) is 5.